The summed E-state index contributed by atoms with van der Waals surface area (Å²) in [5.41, 5.74) is 8.32. The van der Waals surface area contributed by atoms with E-state index >= 15 is 0 Å². The molecule has 2 rings (SSSR count). The normalized spacial score (nSPS) is 11.7. The summed E-state index contributed by atoms with van der Waals surface area (Å²) in [5, 5.41) is 2.51. The van der Waals surface area contributed by atoms with Crippen LogP contribution in [0.3, 0.4) is 0 Å². The molecule has 0 saturated carbocycles. The SMILES string of the molecule is CC(NC(=O)c1ccccc1/C=C/c1ccc(CN(C)C)cc1)C(=O)C(N)=O.Cl. The molecule has 0 aromatic heterocycles. The smallest absolute Gasteiger partial charge is 0.287 e. The van der Waals surface area contributed by atoms with Crippen molar-refractivity contribution in [1.82, 2.24) is 10.2 Å². The lowest BCUT2D eigenvalue weighted by Crippen LogP contribution is -2.44. The Labute approximate surface area is 177 Å². The van der Waals surface area contributed by atoms with Crippen LogP contribution in [0.2, 0.25) is 0 Å². The van der Waals surface area contributed by atoms with Gasteiger partial charge in [0.2, 0.25) is 5.78 Å². The summed E-state index contributed by atoms with van der Waals surface area (Å²) >= 11 is 0. The van der Waals surface area contributed by atoms with Crippen LogP contribution >= 0.6 is 12.4 Å². The van der Waals surface area contributed by atoms with E-state index in [0.29, 0.717) is 11.1 Å². The molecule has 2 aromatic carbocycles. The van der Waals surface area contributed by atoms with Crippen molar-refractivity contribution in [3.8, 4) is 0 Å². The van der Waals surface area contributed by atoms with Gasteiger partial charge in [-0.1, -0.05) is 54.6 Å². The maximum atomic E-state index is 12.5. The Balaban J connectivity index is 0.00000420. The van der Waals surface area contributed by atoms with Gasteiger partial charge in [-0.05, 0) is 43.8 Å². The average Bonchev–Trinajstić information content (AvgIpc) is 2.66. The third kappa shape index (κ3) is 7.18. The van der Waals surface area contributed by atoms with Gasteiger partial charge in [0, 0.05) is 12.1 Å². The predicted molar refractivity (Wildman–Crippen MR) is 118 cm³/mol. The number of rotatable bonds is 8. The maximum absolute atomic E-state index is 12.5. The van der Waals surface area contributed by atoms with Gasteiger partial charge in [0.25, 0.3) is 11.8 Å². The van der Waals surface area contributed by atoms with Gasteiger partial charge in [-0.2, -0.15) is 0 Å². The lowest BCUT2D eigenvalue weighted by molar-refractivity contribution is -0.136. The highest BCUT2D eigenvalue weighted by atomic mass is 35.5. The number of amides is 2. The van der Waals surface area contributed by atoms with Gasteiger partial charge in [-0.15, -0.1) is 12.4 Å². The molecule has 0 fully saturated rings. The van der Waals surface area contributed by atoms with Gasteiger partial charge in [0.15, 0.2) is 0 Å². The van der Waals surface area contributed by atoms with E-state index in [1.807, 2.05) is 50.5 Å². The van der Waals surface area contributed by atoms with Gasteiger partial charge in [-0.25, -0.2) is 0 Å². The Bertz CT molecular complexity index is 892. The van der Waals surface area contributed by atoms with Crippen molar-refractivity contribution in [1.29, 1.82) is 0 Å². The number of primary amides is 1. The number of hydrogen-bond donors (Lipinski definition) is 2. The molecule has 0 aliphatic rings. The minimum absolute atomic E-state index is 0. The third-order valence-corrected chi connectivity index (χ3v) is 4.12. The molecule has 0 heterocycles. The fourth-order valence-electron chi connectivity index (χ4n) is 2.69. The van der Waals surface area contributed by atoms with E-state index in [4.69, 9.17) is 5.73 Å². The lowest BCUT2D eigenvalue weighted by atomic mass is 10.0. The topological polar surface area (TPSA) is 92.5 Å². The Kier molecular flexibility index (Phi) is 9.25. The molecule has 0 radical (unpaired) electrons. The molecule has 2 aromatic rings. The highest BCUT2D eigenvalue weighted by Gasteiger charge is 2.21. The number of nitrogens with two attached hydrogens (primary N) is 1. The second-order valence-electron chi connectivity index (χ2n) is 6.82. The van der Waals surface area contributed by atoms with Crippen LogP contribution < -0.4 is 11.1 Å². The van der Waals surface area contributed by atoms with E-state index in [2.05, 4.69) is 22.3 Å². The van der Waals surface area contributed by atoms with Crippen LogP contribution in [0.15, 0.2) is 48.5 Å². The van der Waals surface area contributed by atoms with Gasteiger partial charge < -0.3 is 16.0 Å². The Morgan fingerprint density at radius 1 is 1.03 bits per heavy atom. The zero-order valence-corrected chi connectivity index (χ0v) is 17.5. The molecule has 1 unspecified atom stereocenters. The molecule has 154 valence electrons. The summed E-state index contributed by atoms with van der Waals surface area (Å²) in [4.78, 5) is 37.2. The van der Waals surface area contributed by atoms with Gasteiger partial charge in [0.05, 0.1) is 6.04 Å². The number of benzene rings is 2. The second-order valence-corrected chi connectivity index (χ2v) is 6.82. The lowest BCUT2D eigenvalue weighted by Gasteiger charge is -2.12. The van der Waals surface area contributed by atoms with Crippen LogP contribution in [0.5, 0.6) is 0 Å². The van der Waals surface area contributed by atoms with Gasteiger partial charge in [0.1, 0.15) is 0 Å². The van der Waals surface area contributed by atoms with Gasteiger partial charge in [-0.3, -0.25) is 14.4 Å². The summed E-state index contributed by atoms with van der Waals surface area (Å²) in [6, 6.07) is 14.2. The number of Topliss-reactive ketones (excluding diaryl/α,β-unsaturated/α-hetero) is 1. The van der Waals surface area contributed by atoms with Crippen LogP contribution in [0.1, 0.15) is 34.0 Å². The number of hydrogen-bond acceptors (Lipinski definition) is 4. The van der Waals surface area contributed by atoms with Crippen LogP contribution in [-0.2, 0) is 16.1 Å². The fourth-order valence-corrected chi connectivity index (χ4v) is 2.69. The summed E-state index contributed by atoms with van der Waals surface area (Å²) < 4.78 is 0. The Hall–Kier alpha value is -2.96. The van der Waals surface area contributed by atoms with Gasteiger partial charge >= 0.3 is 0 Å². The average molecular weight is 416 g/mol. The van der Waals surface area contributed by atoms with Crippen molar-refractivity contribution in [2.75, 3.05) is 14.1 Å². The Morgan fingerprint density at radius 2 is 1.66 bits per heavy atom. The molecular formula is C22H26ClN3O3. The zero-order valence-electron chi connectivity index (χ0n) is 16.7. The monoisotopic (exact) mass is 415 g/mol. The fraction of sp³-hybridized carbons (Fsp3) is 0.227. The molecular weight excluding hydrogens is 390 g/mol. The molecule has 29 heavy (non-hydrogen) atoms. The highest BCUT2D eigenvalue weighted by molar-refractivity contribution is 6.37. The van der Waals surface area contributed by atoms with Crippen molar-refractivity contribution < 1.29 is 14.4 Å². The molecule has 0 saturated heterocycles. The standard InChI is InChI=1S/C22H25N3O3.ClH/c1-15(20(26)21(23)27)24-22(28)19-7-5-4-6-18(19)13-12-16-8-10-17(11-9-16)14-25(2)3;/h4-13,15H,14H2,1-3H3,(H2,23,27)(H,24,28);1H/b13-12+;. The molecule has 3 N–H and O–H groups in total. The molecule has 0 bridgehead atoms. The molecule has 1 atom stereocenters. The first kappa shape index (κ1) is 24.1. The summed E-state index contributed by atoms with van der Waals surface area (Å²) in [6.45, 7) is 2.30. The minimum Gasteiger partial charge on any atom is -0.363 e. The first-order chi connectivity index (χ1) is 13.3. The number of nitrogens with one attached hydrogen (secondary N) is 1. The molecule has 6 nitrogen and oxygen atoms in total. The number of carbonyl (C=O) groups excluding carboxylic acids is 3. The van der Waals surface area contributed by atoms with Crippen LogP contribution in [0.4, 0.5) is 0 Å². The highest BCUT2D eigenvalue weighted by Crippen LogP contribution is 2.15. The van der Waals surface area contributed by atoms with E-state index < -0.39 is 23.6 Å². The quantitative estimate of drug-likeness (QED) is 0.511. The third-order valence-electron chi connectivity index (χ3n) is 4.12. The molecule has 2 amide bonds. The van der Waals surface area contributed by atoms with E-state index in [-0.39, 0.29) is 12.4 Å². The first-order valence-corrected chi connectivity index (χ1v) is 8.93. The second kappa shape index (κ2) is 11.1. The van der Waals surface area contributed by atoms with E-state index in [1.165, 1.54) is 12.5 Å². The predicted octanol–water partition coefficient (Wildman–Crippen LogP) is 2.51. The number of halogens is 1. The van der Waals surface area contributed by atoms with E-state index in [0.717, 1.165) is 12.1 Å². The Morgan fingerprint density at radius 3 is 2.24 bits per heavy atom. The van der Waals surface area contributed by atoms with E-state index in [9.17, 15) is 14.4 Å². The van der Waals surface area contributed by atoms with E-state index in [1.54, 1.807) is 12.1 Å². The first-order valence-electron chi connectivity index (χ1n) is 8.93. The van der Waals surface area contributed by atoms with Crippen molar-refractivity contribution in [3.63, 3.8) is 0 Å². The van der Waals surface area contributed by atoms with Crippen molar-refractivity contribution in [2.24, 2.45) is 5.73 Å². The number of nitrogens with zero attached hydrogens (tertiary/aromatic N) is 1. The van der Waals surface area contributed by atoms with Crippen LogP contribution in [-0.4, -0.2) is 42.6 Å². The summed E-state index contributed by atoms with van der Waals surface area (Å²) in [6.07, 6.45) is 3.76. The zero-order chi connectivity index (χ0) is 20.7. The number of carbonyl (C=O) groups is 3. The van der Waals surface area contributed by atoms with Crippen LogP contribution in [0.25, 0.3) is 12.2 Å². The summed E-state index contributed by atoms with van der Waals surface area (Å²) in [5.74, 6) is -2.35. The molecule has 0 aliphatic heterocycles. The molecule has 0 spiro atoms. The van der Waals surface area contributed by atoms with Crippen molar-refractivity contribution in [2.45, 2.75) is 19.5 Å². The van der Waals surface area contributed by atoms with Crippen LogP contribution in [0, 0.1) is 0 Å². The summed E-state index contributed by atoms with van der Waals surface area (Å²) in [7, 11) is 4.04. The molecule has 0 aliphatic carbocycles. The largest absolute Gasteiger partial charge is 0.363 e. The molecule has 7 heteroatoms. The maximum Gasteiger partial charge on any atom is 0.287 e. The van der Waals surface area contributed by atoms with Crippen molar-refractivity contribution in [3.05, 3.63) is 70.8 Å². The number of ketones is 1. The minimum atomic E-state index is -1.07. The van der Waals surface area contributed by atoms with Crippen molar-refractivity contribution >= 4 is 42.2 Å².